The molecule has 28 heavy (non-hydrogen) atoms. The van der Waals surface area contributed by atoms with Crippen LogP contribution < -0.4 is 5.32 Å². The number of fused-ring (bicyclic) bond motifs is 1. The lowest BCUT2D eigenvalue weighted by atomic mass is 9.90. The number of nitrogens with zero attached hydrogens (tertiary/aromatic N) is 3. The summed E-state index contributed by atoms with van der Waals surface area (Å²) in [4.78, 5) is 29.5. The summed E-state index contributed by atoms with van der Waals surface area (Å²) in [6, 6.07) is 10.3. The van der Waals surface area contributed by atoms with Gasteiger partial charge in [0.05, 0.1) is 17.8 Å². The van der Waals surface area contributed by atoms with Crippen molar-refractivity contribution in [1.82, 2.24) is 10.3 Å². The zero-order chi connectivity index (χ0) is 19.7. The summed E-state index contributed by atoms with van der Waals surface area (Å²) < 4.78 is 17.7. The van der Waals surface area contributed by atoms with E-state index >= 15 is 0 Å². The summed E-state index contributed by atoms with van der Waals surface area (Å²) >= 11 is 0. The Morgan fingerprint density at radius 2 is 1.96 bits per heavy atom. The van der Waals surface area contributed by atoms with Gasteiger partial charge in [0.1, 0.15) is 11.3 Å². The molecule has 1 atom stereocenters. The maximum Gasteiger partial charge on any atom is 0.351 e. The molecule has 0 unspecified atom stereocenters. The van der Waals surface area contributed by atoms with Crippen molar-refractivity contribution in [2.75, 3.05) is 5.32 Å². The van der Waals surface area contributed by atoms with Crippen molar-refractivity contribution >= 4 is 34.3 Å². The molecule has 4 rings (SSSR count). The van der Waals surface area contributed by atoms with Gasteiger partial charge in [-0.05, 0) is 40.1 Å². The Bertz CT molecular complexity index is 1090. The van der Waals surface area contributed by atoms with Gasteiger partial charge in [-0.15, -0.1) is 0 Å². The van der Waals surface area contributed by atoms with Gasteiger partial charge in [-0.25, -0.2) is 13.8 Å². The predicted molar refractivity (Wildman–Crippen MR) is 94.1 cm³/mol. The lowest BCUT2D eigenvalue weighted by Crippen LogP contribution is -2.42. The van der Waals surface area contributed by atoms with Crippen LogP contribution >= 0.6 is 0 Å². The van der Waals surface area contributed by atoms with Crippen LogP contribution in [0.5, 0.6) is 0 Å². The van der Waals surface area contributed by atoms with Crippen molar-refractivity contribution in [3.05, 3.63) is 53.8 Å². The van der Waals surface area contributed by atoms with Gasteiger partial charge in [0.15, 0.2) is 5.52 Å². The third-order valence-corrected chi connectivity index (χ3v) is 4.36. The summed E-state index contributed by atoms with van der Waals surface area (Å²) in [6.45, 7) is 0. The number of aromatic nitrogens is 2. The van der Waals surface area contributed by atoms with Crippen LogP contribution in [0.15, 0.2) is 52.2 Å². The van der Waals surface area contributed by atoms with Crippen LogP contribution in [0.1, 0.15) is 18.4 Å². The van der Waals surface area contributed by atoms with E-state index in [-0.39, 0.29) is 6.42 Å². The Morgan fingerprint density at radius 3 is 2.71 bits per heavy atom. The Morgan fingerprint density at radius 1 is 1.18 bits per heavy atom. The van der Waals surface area contributed by atoms with Gasteiger partial charge in [-0.3, -0.25) is 4.79 Å². The minimum atomic E-state index is -1.86. The molecule has 0 fully saturated rings. The first-order chi connectivity index (χ1) is 13.5. The zero-order valence-electron chi connectivity index (χ0n) is 14.3. The second-order valence-corrected chi connectivity index (χ2v) is 6.27. The highest BCUT2D eigenvalue weighted by atomic mass is 19.1. The number of anilines is 1. The SMILES string of the molecule is O=C(C[C@@]1(C(=O)O)CC(c2ccc(F)cc2)=NO1)Nc1cccc2nonc12. The summed E-state index contributed by atoms with van der Waals surface area (Å²) in [6.07, 6.45) is -0.630. The van der Waals surface area contributed by atoms with Crippen molar-refractivity contribution in [2.24, 2.45) is 5.16 Å². The number of halogens is 1. The van der Waals surface area contributed by atoms with Crippen molar-refractivity contribution in [3.63, 3.8) is 0 Å². The zero-order valence-corrected chi connectivity index (χ0v) is 14.3. The molecule has 3 aromatic rings. The third kappa shape index (κ3) is 3.15. The summed E-state index contributed by atoms with van der Waals surface area (Å²) in [5.41, 5.74) is 0.105. The van der Waals surface area contributed by atoms with E-state index < -0.39 is 29.7 Å². The van der Waals surface area contributed by atoms with E-state index in [9.17, 15) is 19.1 Å². The minimum Gasteiger partial charge on any atom is -0.478 e. The molecule has 142 valence electrons. The van der Waals surface area contributed by atoms with Crippen molar-refractivity contribution in [3.8, 4) is 0 Å². The molecule has 2 heterocycles. The molecule has 2 aromatic carbocycles. The van der Waals surface area contributed by atoms with E-state index in [1.54, 1.807) is 18.2 Å². The Hall–Kier alpha value is -3.82. The number of nitrogens with one attached hydrogen (secondary N) is 1. The first-order valence-corrected chi connectivity index (χ1v) is 8.22. The van der Waals surface area contributed by atoms with E-state index in [4.69, 9.17) is 4.84 Å². The molecule has 1 aliphatic rings. The number of rotatable bonds is 5. The monoisotopic (exact) mass is 384 g/mol. The Balaban J connectivity index is 1.51. The number of hydrogen-bond donors (Lipinski definition) is 2. The second-order valence-electron chi connectivity index (χ2n) is 6.27. The van der Waals surface area contributed by atoms with Crippen LogP contribution in [-0.4, -0.2) is 38.6 Å². The maximum absolute atomic E-state index is 13.1. The topological polar surface area (TPSA) is 127 Å². The molecule has 0 spiro atoms. The summed E-state index contributed by atoms with van der Waals surface area (Å²) in [5.74, 6) is -2.36. The Labute approximate surface area is 156 Å². The van der Waals surface area contributed by atoms with E-state index in [0.29, 0.717) is 28.0 Å². The fourth-order valence-electron chi connectivity index (χ4n) is 2.92. The highest BCUT2D eigenvalue weighted by Gasteiger charge is 2.49. The van der Waals surface area contributed by atoms with Crippen molar-refractivity contribution in [1.29, 1.82) is 0 Å². The number of benzene rings is 2. The van der Waals surface area contributed by atoms with Gasteiger partial charge in [-0.1, -0.05) is 23.4 Å². The number of oxime groups is 1. The standard InChI is InChI=1S/C18H13FN4O5/c19-11-6-4-10(5-7-11)14-8-18(17(25)26,27-21-14)9-15(24)20-12-2-1-3-13-16(12)23-28-22-13/h1-7H,8-9H2,(H,20,24)(H,25,26)/t18-/m1/s1. The van der Waals surface area contributed by atoms with Gasteiger partial charge in [0, 0.05) is 6.42 Å². The molecular weight excluding hydrogens is 371 g/mol. The number of aliphatic carboxylic acids is 1. The molecule has 1 aromatic heterocycles. The highest BCUT2D eigenvalue weighted by molar-refractivity contribution is 6.07. The lowest BCUT2D eigenvalue weighted by molar-refractivity contribution is -0.165. The smallest absolute Gasteiger partial charge is 0.351 e. The van der Waals surface area contributed by atoms with Gasteiger partial charge < -0.3 is 15.3 Å². The number of carbonyl (C=O) groups is 2. The molecule has 0 bridgehead atoms. The first kappa shape index (κ1) is 17.6. The number of carbonyl (C=O) groups excluding carboxylic acids is 1. The van der Waals surface area contributed by atoms with E-state index in [1.807, 2.05) is 0 Å². The predicted octanol–water partition coefficient (Wildman–Crippen LogP) is 2.34. The molecule has 0 radical (unpaired) electrons. The third-order valence-electron chi connectivity index (χ3n) is 4.36. The quantitative estimate of drug-likeness (QED) is 0.691. The summed E-state index contributed by atoms with van der Waals surface area (Å²) in [5, 5.41) is 23.4. The molecule has 10 heteroatoms. The fourth-order valence-corrected chi connectivity index (χ4v) is 2.92. The normalized spacial score (nSPS) is 18.5. The molecule has 9 nitrogen and oxygen atoms in total. The Kier molecular flexibility index (Phi) is 4.22. The second kappa shape index (κ2) is 6.72. The highest BCUT2D eigenvalue weighted by Crippen LogP contribution is 2.31. The maximum atomic E-state index is 13.1. The van der Waals surface area contributed by atoms with Gasteiger partial charge in [0.25, 0.3) is 0 Å². The van der Waals surface area contributed by atoms with Crippen LogP contribution in [0.2, 0.25) is 0 Å². The van der Waals surface area contributed by atoms with Crippen LogP contribution in [0.4, 0.5) is 10.1 Å². The van der Waals surface area contributed by atoms with Gasteiger partial charge in [-0.2, -0.15) is 0 Å². The summed E-state index contributed by atoms with van der Waals surface area (Å²) in [7, 11) is 0. The average molecular weight is 384 g/mol. The molecule has 1 aliphatic heterocycles. The van der Waals surface area contributed by atoms with Crippen LogP contribution in [0.25, 0.3) is 11.0 Å². The molecule has 0 aliphatic carbocycles. The molecule has 0 saturated carbocycles. The fraction of sp³-hybridized carbons (Fsp3) is 0.167. The van der Waals surface area contributed by atoms with Gasteiger partial charge in [0.2, 0.25) is 11.5 Å². The number of carboxylic acids is 1. The van der Waals surface area contributed by atoms with Crippen LogP contribution in [0, 0.1) is 5.82 Å². The number of carboxylic acid groups (broad SMARTS) is 1. The number of hydrogen-bond acceptors (Lipinski definition) is 7. The van der Waals surface area contributed by atoms with E-state index in [0.717, 1.165) is 0 Å². The molecule has 2 N–H and O–H groups in total. The minimum absolute atomic E-state index is 0.142. The lowest BCUT2D eigenvalue weighted by Gasteiger charge is -2.21. The molecule has 1 amide bonds. The average Bonchev–Trinajstić information content (AvgIpc) is 3.31. The number of amides is 1. The molecule has 0 saturated heterocycles. The van der Waals surface area contributed by atoms with Gasteiger partial charge >= 0.3 is 5.97 Å². The molecular formula is C18H13FN4O5. The van der Waals surface area contributed by atoms with E-state index in [2.05, 4.69) is 25.4 Å². The first-order valence-electron chi connectivity index (χ1n) is 8.22. The van der Waals surface area contributed by atoms with Crippen molar-refractivity contribution in [2.45, 2.75) is 18.4 Å². The van der Waals surface area contributed by atoms with Crippen LogP contribution in [0.3, 0.4) is 0 Å². The largest absolute Gasteiger partial charge is 0.478 e. The van der Waals surface area contributed by atoms with Crippen LogP contribution in [-0.2, 0) is 14.4 Å². The van der Waals surface area contributed by atoms with E-state index in [1.165, 1.54) is 24.3 Å². The van der Waals surface area contributed by atoms with Crippen molar-refractivity contribution < 1.29 is 28.6 Å².